The molecule has 1 atom stereocenters. The summed E-state index contributed by atoms with van der Waals surface area (Å²) in [4.78, 5) is 18.7. The molecule has 0 spiro atoms. The Kier molecular flexibility index (Phi) is 5.14. The minimum Gasteiger partial charge on any atom is -0.370 e. The first-order valence-corrected chi connectivity index (χ1v) is 8.31. The van der Waals surface area contributed by atoms with Crippen molar-refractivity contribution in [2.75, 3.05) is 23.8 Å². The smallest absolute Gasteiger partial charge is 0.319 e. The summed E-state index contributed by atoms with van der Waals surface area (Å²) >= 11 is 0. The second kappa shape index (κ2) is 7.66. The highest BCUT2D eigenvalue weighted by atomic mass is 16.2. The molecule has 2 aromatic carbocycles. The van der Waals surface area contributed by atoms with Gasteiger partial charge in [0, 0.05) is 36.9 Å². The summed E-state index contributed by atoms with van der Waals surface area (Å²) < 4.78 is 0. The Morgan fingerprint density at radius 2 is 1.84 bits per heavy atom. The summed E-state index contributed by atoms with van der Waals surface area (Å²) in [5, 5.41) is 6.81. The molecule has 1 aromatic heterocycles. The number of carbonyl (C=O) groups excluding carboxylic acids is 1. The van der Waals surface area contributed by atoms with Gasteiger partial charge in [0.1, 0.15) is 0 Å². The van der Waals surface area contributed by atoms with Crippen LogP contribution in [0.3, 0.4) is 0 Å². The molecule has 0 aliphatic heterocycles. The standard InChI is InChI=1S/C20H22N4O/c1-15(24(2)17-10-4-3-5-11-17)14-22-20(25)23-18-12-6-8-16-9-7-13-21-19(16)18/h3-13,15H,14H2,1-2H3,(H2,22,23,25)/t15-/m0/s1. The summed E-state index contributed by atoms with van der Waals surface area (Å²) in [5.74, 6) is 0. The number of nitrogens with zero attached hydrogens (tertiary/aromatic N) is 2. The van der Waals surface area contributed by atoms with Gasteiger partial charge < -0.3 is 15.5 Å². The lowest BCUT2D eigenvalue weighted by molar-refractivity contribution is 0.251. The number of hydrogen-bond acceptors (Lipinski definition) is 3. The van der Waals surface area contributed by atoms with Crippen LogP contribution in [-0.2, 0) is 0 Å². The Balaban J connectivity index is 1.59. The molecule has 3 aromatic rings. The van der Waals surface area contributed by atoms with Gasteiger partial charge >= 0.3 is 6.03 Å². The summed E-state index contributed by atoms with van der Waals surface area (Å²) in [6, 6.07) is 19.6. The highest BCUT2D eigenvalue weighted by Gasteiger charge is 2.12. The molecule has 3 rings (SSSR count). The number of pyridine rings is 1. The molecule has 0 aliphatic rings. The second-order valence-corrected chi connectivity index (χ2v) is 6.01. The van der Waals surface area contributed by atoms with Gasteiger partial charge in [0.25, 0.3) is 0 Å². The first-order chi connectivity index (χ1) is 12.1. The van der Waals surface area contributed by atoms with Crippen LogP contribution in [0.5, 0.6) is 0 Å². The van der Waals surface area contributed by atoms with E-state index in [1.165, 1.54) is 0 Å². The van der Waals surface area contributed by atoms with Gasteiger partial charge in [0.2, 0.25) is 0 Å². The number of likely N-dealkylation sites (N-methyl/N-ethyl adjacent to an activating group) is 1. The van der Waals surface area contributed by atoms with Crippen molar-refractivity contribution in [3.63, 3.8) is 0 Å². The van der Waals surface area contributed by atoms with Gasteiger partial charge in [-0.15, -0.1) is 0 Å². The van der Waals surface area contributed by atoms with E-state index in [4.69, 9.17) is 0 Å². The Bertz CT molecular complexity index is 845. The van der Waals surface area contributed by atoms with Gasteiger partial charge in [-0.2, -0.15) is 0 Å². The maximum absolute atomic E-state index is 12.3. The molecule has 2 amide bonds. The molecule has 5 nitrogen and oxygen atoms in total. The monoisotopic (exact) mass is 334 g/mol. The predicted octanol–water partition coefficient (Wildman–Crippen LogP) is 3.88. The predicted molar refractivity (Wildman–Crippen MR) is 103 cm³/mol. The number of para-hydroxylation sites is 2. The molecule has 2 N–H and O–H groups in total. The SMILES string of the molecule is C[C@@H](CNC(=O)Nc1cccc2cccnc12)N(C)c1ccccc1. The number of anilines is 2. The zero-order valence-corrected chi connectivity index (χ0v) is 14.4. The van der Waals surface area contributed by atoms with Crippen LogP contribution < -0.4 is 15.5 Å². The van der Waals surface area contributed by atoms with Crippen molar-refractivity contribution in [2.24, 2.45) is 0 Å². The molecule has 128 valence electrons. The molecule has 0 saturated carbocycles. The van der Waals surface area contributed by atoms with Gasteiger partial charge in [-0.1, -0.05) is 36.4 Å². The number of nitrogens with one attached hydrogen (secondary N) is 2. The Morgan fingerprint density at radius 3 is 2.64 bits per heavy atom. The third kappa shape index (κ3) is 4.07. The fraction of sp³-hybridized carbons (Fsp3) is 0.200. The molecule has 1 heterocycles. The highest BCUT2D eigenvalue weighted by molar-refractivity contribution is 5.99. The molecule has 0 unspecified atom stereocenters. The molecule has 0 fully saturated rings. The molecule has 0 radical (unpaired) electrons. The van der Waals surface area contributed by atoms with E-state index in [1.807, 2.05) is 55.6 Å². The van der Waals surface area contributed by atoms with Crippen molar-refractivity contribution < 1.29 is 4.79 Å². The third-order valence-corrected chi connectivity index (χ3v) is 4.26. The average molecular weight is 334 g/mol. The Hall–Kier alpha value is -3.08. The number of hydrogen-bond donors (Lipinski definition) is 2. The van der Waals surface area contributed by atoms with Crippen molar-refractivity contribution in [3.05, 3.63) is 66.9 Å². The first-order valence-electron chi connectivity index (χ1n) is 8.31. The topological polar surface area (TPSA) is 57.3 Å². The number of aromatic nitrogens is 1. The normalized spacial score (nSPS) is 11.8. The van der Waals surface area contributed by atoms with Crippen molar-refractivity contribution in [3.8, 4) is 0 Å². The molecule has 0 saturated heterocycles. The fourth-order valence-electron chi connectivity index (χ4n) is 2.67. The number of amides is 2. The van der Waals surface area contributed by atoms with Crippen LogP contribution in [0.1, 0.15) is 6.92 Å². The third-order valence-electron chi connectivity index (χ3n) is 4.26. The van der Waals surface area contributed by atoms with Crippen LogP contribution in [0.2, 0.25) is 0 Å². The zero-order chi connectivity index (χ0) is 17.6. The molecule has 0 aliphatic carbocycles. The lowest BCUT2D eigenvalue weighted by Crippen LogP contribution is -2.41. The minimum atomic E-state index is -0.230. The average Bonchev–Trinajstić information content (AvgIpc) is 2.66. The molecular formula is C20H22N4O. The zero-order valence-electron chi connectivity index (χ0n) is 14.4. The summed E-state index contributed by atoms with van der Waals surface area (Å²) in [6.45, 7) is 2.61. The van der Waals surface area contributed by atoms with Gasteiger partial charge in [-0.25, -0.2) is 4.79 Å². The van der Waals surface area contributed by atoms with Crippen molar-refractivity contribution in [1.29, 1.82) is 0 Å². The molecule has 0 bridgehead atoms. The van der Waals surface area contributed by atoms with E-state index >= 15 is 0 Å². The van der Waals surface area contributed by atoms with E-state index in [2.05, 4.69) is 39.6 Å². The van der Waals surface area contributed by atoms with Crippen molar-refractivity contribution in [2.45, 2.75) is 13.0 Å². The van der Waals surface area contributed by atoms with Gasteiger partial charge in [0.15, 0.2) is 0 Å². The number of urea groups is 1. The van der Waals surface area contributed by atoms with Crippen LogP contribution in [-0.4, -0.2) is 30.6 Å². The largest absolute Gasteiger partial charge is 0.370 e. The van der Waals surface area contributed by atoms with Gasteiger partial charge in [0.05, 0.1) is 11.2 Å². The quantitative estimate of drug-likeness (QED) is 0.744. The fourth-order valence-corrected chi connectivity index (χ4v) is 2.67. The van der Waals surface area contributed by atoms with E-state index < -0.39 is 0 Å². The van der Waals surface area contributed by atoms with E-state index in [9.17, 15) is 4.79 Å². The highest BCUT2D eigenvalue weighted by Crippen LogP contribution is 2.20. The maximum Gasteiger partial charge on any atom is 0.319 e. The maximum atomic E-state index is 12.3. The number of fused-ring (bicyclic) bond motifs is 1. The number of benzene rings is 2. The summed E-state index contributed by atoms with van der Waals surface area (Å²) in [7, 11) is 2.02. The van der Waals surface area contributed by atoms with E-state index in [-0.39, 0.29) is 12.1 Å². The lowest BCUT2D eigenvalue weighted by Gasteiger charge is -2.27. The van der Waals surface area contributed by atoms with Crippen LogP contribution >= 0.6 is 0 Å². The van der Waals surface area contributed by atoms with Crippen LogP contribution in [0, 0.1) is 0 Å². The molecule has 25 heavy (non-hydrogen) atoms. The van der Waals surface area contributed by atoms with Crippen molar-refractivity contribution >= 4 is 28.3 Å². The second-order valence-electron chi connectivity index (χ2n) is 6.01. The minimum absolute atomic E-state index is 0.166. The van der Waals surface area contributed by atoms with Gasteiger partial charge in [-0.3, -0.25) is 4.98 Å². The van der Waals surface area contributed by atoms with Gasteiger partial charge in [-0.05, 0) is 31.2 Å². The molecule has 5 heteroatoms. The molecular weight excluding hydrogens is 312 g/mol. The Labute approximate surface area is 147 Å². The van der Waals surface area contributed by atoms with Crippen LogP contribution in [0.25, 0.3) is 10.9 Å². The lowest BCUT2D eigenvalue weighted by atomic mass is 10.2. The summed E-state index contributed by atoms with van der Waals surface area (Å²) in [5.41, 5.74) is 2.62. The van der Waals surface area contributed by atoms with Crippen LogP contribution in [0.4, 0.5) is 16.2 Å². The van der Waals surface area contributed by atoms with Crippen molar-refractivity contribution in [1.82, 2.24) is 10.3 Å². The number of carbonyl (C=O) groups is 1. The van der Waals surface area contributed by atoms with E-state index in [0.717, 1.165) is 16.6 Å². The van der Waals surface area contributed by atoms with E-state index in [0.29, 0.717) is 12.2 Å². The first kappa shape index (κ1) is 16.8. The Morgan fingerprint density at radius 1 is 1.08 bits per heavy atom. The van der Waals surface area contributed by atoms with Crippen LogP contribution in [0.15, 0.2) is 66.9 Å². The van der Waals surface area contributed by atoms with E-state index in [1.54, 1.807) is 6.20 Å². The number of rotatable bonds is 5. The summed E-state index contributed by atoms with van der Waals surface area (Å²) in [6.07, 6.45) is 1.72.